The van der Waals surface area contributed by atoms with Crippen LogP contribution in [0.3, 0.4) is 0 Å². The maximum Gasteiger partial charge on any atom is 0.325 e. The highest BCUT2D eigenvalue weighted by Crippen LogP contribution is 2.24. The summed E-state index contributed by atoms with van der Waals surface area (Å²) < 4.78 is 4.82. The van der Waals surface area contributed by atoms with Crippen molar-refractivity contribution in [2.24, 2.45) is 11.8 Å². The summed E-state index contributed by atoms with van der Waals surface area (Å²) in [5, 5.41) is 9.07. The highest BCUT2D eigenvalue weighted by Gasteiger charge is 2.38. The number of hydrogen-bond donors (Lipinski definition) is 1. The number of rotatable bonds is 5. The summed E-state index contributed by atoms with van der Waals surface area (Å²) >= 11 is 0. The van der Waals surface area contributed by atoms with Crippen LogP contribution < -0.4 is 0 Å². The average Bonchev–Trinajstić information content (AvgIpc) is 2.77. The fourth-order valence-electron chi connectivity index (χ4n) is 2.32. The van der Waals surface area contributed by atoms with Crippen molar-refractivity contribution in [3.05, 3.63) is 0 Å². The van der Waals surface area contributed by atoms with Gasteiger partial charge in [0.1, 0.15) is 6.54 Å². The molecule has 1 N–H and O–H groups in total. The molecule has 1 fully saturated rings. The maximum absolute atomic E-state index is 12.3. The number of carboxylic acids is 1. The zero-order valence-corrected chi connectivity index (χ0v) is 12.2. The fraction of sp³-hybridized carbons (Fsp3) is 0.769. The standard InChI is InChI=1S/C13H22N2O5/c1-4-14(8-11(16)20-5-2)13(19)15-6-9(3)10(7-15)12(17)18/h9-10H,4-8H2,1-3H3,(H,17,18)/t9-,10-/m1/s1. The lowest BCUT2D eigenvalue weighted by Gasteiger charge is -2.26. The van der Waals surface area contributed by atoms with Crippen LogP contribution in [0.1, 0.15) is 20.8 Å². The van der Waals surface area contributed by atoms with Gasteiger partial charge in [-0.1, -0.05) is 6.92 Å². The van der Waals surface area contributed by atoms with Crippen molar-refractivity contribution in [1.82, 2.24) is 9.80 Å². The van der Waals surface area contributed by atoms with Crippen molar-refractivity contribution in [2.45, 2.75) is 20.8 Å². The van der Waals surface area contributed by atoms with Gasteiger partial charge in [0.05, 0.1) is 12.5 Å². The van der Waals surface area contributed by atoms with Crippen molar-refractivity contribution in [2.75, 3.05) is 32.8 Å². The number of carboxylic acid groups (broad SMARTS) is 1. The Hall–Kier alpha value is -1.79. The van der Waals surface area contributed by atoms with Crippen molar-refractivity contribution in [3.8, 4) is 0 Å². The van der Waals surface area contributed by atoms with Crippen molar-refractivity contribution < 1.29 is 24.2 Å². The second-order valence-corrected chi connectivity index (χ2v) is 4.93. The van der Waals surface area contributed by atoms with Crippen LogP contribution in [0, 0.1) is 11.8 Å². The van der Waals surface area contributed by atoms with E-state index in [0.717, 1.165) is 0 Å². The zero-order chi connectivity index (χ0) is 15.3. The molecule has 1 aliphatic rings. The molecule has 1 aliphatic heterocycles. The summed E-state index contributed by atoms with van der Waals surface area (Å²) in [7, 11) is 0. The highest BCUT2D eigenvalue weighted by atomic mass is 16.5. The van der Waals surface area contributed by atoms with Gasteiger partial charge in [-0.3, -0.25) is 9.59 Å². The Bertz CT molecular complexity index is 385. The first-order chi connectivity index (χ1) is 9.40. The molecule has 0 spiro atoms. The normalized spacial score (nSPS) is 21.6. The van der Waals surface area contributed by atoms with Gasteiger partial charge in [-0.25, -0.2) is 4.79 Å². The molecule has 0 aromatic heterocycles. The molecular formula is C13H22N2O5. The number of amides is 2. The number of urea groups is 1. The van der Waals surface area contributed by atoms with Crippen LogP contribution in [0.15, 0.2) is 0 Å². The minimum Gasteiger partial charge on any atom is -0.481 e. The van der Waals surface area contributed by atoms with Crippen LogP contribution in [-0.2, 0) is 14.3 Å². The van der Waals surface area contributed by atoms with Crippen LogP contribution in [-0.4, -0.2) is 65.7 Å². The van der Waals surface area contributed by atoms with E-state index in [0.29, 0.717) is 13.1 Å². The number of carbonyl (C=O) groups excluding carboxylic acids is 2. The molecule has 0 bridgehead atoms. The highest BCUT2D eigenvalue weighted by molar-refractivity contribution is 5.82. The summed E-state index contributed by atoms with van der Waals surface area (Å²) in [4.78, 5) is 37.6. The summed E-state index contributed by atoms with van der Waals surface area (Å²) in [5.41, 5.74) is 0. The lowest BCUT2D eigenvalue weighted by Crippen LogP contribution is -2.45. The predicted octanol–water partition coefficient (Wildman–Crippen LogP) is 0.644. The molecular weight excluding hydrogens is 264 g/mol. The zero-order valence-electron chi connectivity index (χ0n) is 12.2. The van der Waals surface area contributed by atoms with Crippen LogP contribution in [0.5, 0.6) is 0 Å². The second-order valence-electron chi connectivity index (χ2n) is 4.93. The first-order valence-electron chi connectivity index (χ1n) is 6.82. The Labute approximate surface area is 118 Å². The number of nitrogens with zero attached hydrogens (tertiary/aromatic N) is 2. The Balaban J connectivity index is 2.63. The third-order valence-corrected chi connectivity index (χ3v) is 3.48. The van der Waals surface area contributed by atoms with Gasteiger partial charge >= 0.3 is 18.0 Å². The van der Waals surface area contributed by atoms with E-state index >= 15 is 0 Å². The van der Waals surface area contributed by atoms with Gasteiger partial charge in [-0.15, -0.1) is 0 Å². The molecule has 7 nitrogen and oxygen atoms in total. The minimum atomic E-state index is -0.888. The molecule has 1 saturated heterocycles. The molecule has 0 aromatic rings. The van der Waals surface area contributed by atoms with Crippen molar-refractivity contribution >= 4 is 18.0 Å². The van der Waals surface area contributed by atoms with E-state index in [-0.39, 0.29) is 31.6 Å². The minimum absolute atomic E-state index is 0.0854. The molecule has 0 aromatic carbocycles. The molecule has 1 heterocycles. The third-order valence-electron chi connectivity index (χ3n) is 3.48. The Kier molecular flexibility index (Phi) is 5.79. The van der Waals surface area contributed by atoms with E-state index in [1.54, 1.807) is 13.8 Å². The molecule has 7 heteroatoms. The molecule has 114 valence electrons. The van der Waals surface area contributed by atoms with E-state index in [2.05, 4.69) is 0 Å². The number of likely N-dealkylation sites (N-methyl/N-ethyl adjacent to an activating group) is 1. The van der Waals surface area contributed by atoms with Gasteiger partial charge in [0.25, 0.3) is 0 Å². The van der Waals surface area contributed by atoms with Gasteiger partial charge in [-0.2, -0.15) is 0 Å². The number of hydrogen-bond acceptors (Lipinski definition) is 4. The molecule has 1 rings (SSSR count). The lowest BCUT2D eigenvalue weighted by molar-refractivity contribution is -0.144. The van der Waals surface area contributed by atoms with Crippen LogP contribution in [0.4, 0.5) is 4.79 Å². The van der Waals surface area contributed by atoms with E-state index in [1.165, 1.54) is 9.80 Å². The van der Waals surface area contributed by atoms with Crippen LogP contribution in [0.25, 0.3) is 0 Å². The quantitative estimate of drug-likeness (QED) is 0.750. The largest absolute Gasteiger partial charge is 0.481 e. The number of ether oxygens (including phenoxy) is 1. The average molecular weight is 286 g/mol. The first-order valence-corrected chi connectivity index (χ1v) is 6.82. The molecule has 20 heavy (non-hydrogen) atoms. The van der Waals surface area contributed by atoms with Crippen molar-refractivity contribution in [3.63, 3.8) is 0 Å². The Morgan fingerprint density at radius 3 is 2.40 bits per heavy atom. The molecule has 0 aliphatic carbocycles. The monoisotopic (exact) mass is 286 g/mol. The Morgan fingerprint density at radius 2 is 1.95 bits per heavy atom. The molecule has 0 radical (unpaired) electrons. The topological polar surface area (TPSA) is 87.2 Å². The van der Waals surface area contributed by atoms with E-state index in [9.17, 15) is 14.4 Å². The SMILES string of the molecule is CCOC(=O)CN(CC)C(=O)N1C[C@@H](C)[C@H](C(=O)O)C1. The fourth-order valence-corrected chi connectivity index (χ4v) is 2.32. The molecule has 0 unspecified atom stereocenters. The van der Waals surface area contributed by atoms with Crippen LogP contribution >= 0.6 is 0 Å². The summed E-state index contributed by atoms with van der Waals surface area (Å²) in [6, 6.07) is -0.309. The lowest BCUT2D eigenvalue weighted by atomic mass is 9.99. The summed E-state index contributed by atoms with van der Waals surface area (Å²) in [5.74, 6) is -1.97. The Morgan fingerprint density at radius 1 is 1.30 bits per heavy atom. The summed E-state index contributed by atoms with van der Waals surface area (Å²) in [6.45, 7) is 6.41. The molecule has 0 saturated carbocycles. The van der Waals surface area contributed by atoms with E-state index < -0.39 is 17.9 Å². The van der Waals surface area contributed by atoms with E-state index in [1.807, 2.05) is 6.92 Å². The molecule has 2 atom stereocenters. The van der Waals surface area contributed by atoms with Crippen molar-refractivity contribution in [1.29, 1.82) is 0 Å². The number of aliphatic carboxylic acids is 1. The number of likely N-dealkylation sites (tertiary alicyclic amines) is 1. The van der Waals surface area contributed by atoms with Gasteiger partial charge in [0.15, 0.2) is 0 Å². The maximum atomic E-state index is 12.3. The number of carbonyl (C=O) groups is 3. The smallest absolute Gasteiger partial charge is 0.325 e. The van der Waals surface area contributed by atoms with Gasteiger partial charge in [0, 0.05) is 19.6 Å². The van der Waals surface area contributed by atoms with Crippen LogP contribution in [0.2, 0.25) is 0 Å². The van der Waals surface area contributed by atoms with Gasteiger partial charge in [0.2, 0.25) is 0 Å². The number of esters is 1. The van der Waals surface area contributed by atoms with E-state index in [4.69, 9.17) is 9.84 Å². The first kappa shape index (κ1) is 16.3. The third kappa shape index (κ3) is 3.85. The predicted molar refractivity (Wildman–Crippen MR) is 71.1 cm³/mol. The second kappa shape index (κ2) is 7.12. The molecule has 2 amide bonds. The van der Waals surface area contributed by atoms with Gasteiger partial charge < -0.3 is 19.6 Å². The summed E-state index contributed by atoms with van der Waals surface area (Å²) in [6.07, 6.45) is 0. The van der Waals surface area contributed by atoms with Gasteiger partial charge in [-0.05, 0) is 19.8 Å².